The fraction of sp³-hybridized carbons (Fsp3) is 0.857. The highest BCUT2D eigenvalue weighted by atomic mass is 32.2. The number of hydrogen-bond donors (Lipinski definition) is 2. The molecule has 0 unspecified atom stereocenters. The molecule has 0 aromatic rings. The van der Waals surface area contributed by atoms with Gasteiger partial charge < -0.3 is 15.4 Å². The Morgan fingerprint density at radius 1 is 1.09 bits per heavy atom. The first-order chi connectivity index (χ1) is 10.9. The van der Waals surface area contributed by atoms with Crippen LogP contribution >= 0.6 is 0 Å². The summed E-state index contributed by atoms with van der Waals surface area (Å²) in [5.41, 5.74) is 0. The lowest BCUT2D eigenvalue weighted by Gasteiger charge is -2.30. The molecule has 2 rings (SSSR count). The third-order valence-corrected chi connectivity index (χ3v) is 5.62. The molecule has 2 aliphatic heterocycles. The SMILES string of the molecule is CS(=O)(=O)N1CCC(CNC(=O)C(=O)NC[C@@H]2CCCO2)CC1. The highest BCUT2D eigenvalue weighted by Crippen LogP contribution is 2.18. The van der Waals surface area contributed by atoms with E-state index in [-0.39, 0.29) is 12.0 Å². The number of rotatable bonds is 5. The van der Waals surface area contributed by atoms with E-state index in [0.29, 0.717) is 45.6 Å². The normalized spacial score (nSPS) is 23.6. The van der Waals surface area contributed by atoms with Crippen molar-refractivity contribution in [1.29, 1.82) is 0 Å². The van der Waals surface area contributed by atoms with Crippen molar-refractivity contribution < 1.29 is 22.7 Å². The summed E-state index contributed by atoms with van der Waals surface area (Å²) >= 11 is 0. The monoisotopic (exact) mass is 347 g/mol. The Morgan fingerprint density at radius 3 is 2.22 bits per heavy atom. The maximum atomic E-state index is 11.7. The molecular formula is C14H25N3O5S. The van der Waals surface area contributed by atoms with E-state index in [4.69, 9.17) is 4.74 Å². The third-order valence-electron chi connectivity index (χ3n) is 4.31. The molecule has 1 atom stereocenters. The minimum absolute atomic E-state index is 0.00655. The van der Waals surface area contributed by atoms with Gasteiger partial charge in [0.25, 0.3) is 0 Å². The first-order valence-electron chi connectivity index (χ1n) is 7.99. The van der Waals surface area contributed by atoms with Gasteiger partial charge in [-0.1, -0.05) is 0 Å². The maximum Gasteiger partial charge on any atom is 0.309 e. The predicted octanol–water partition coefficient (Wildman–Crippen LogP) is -0.931. The number of amides is 2. The molecule has 132 valence electrons. The third kappa shape index (κ3) is 5.74. The minimum Gasteiger partial charge on any atom is -0.376 e. The smallest absolute Gasteiger partial charge is 0.309 e. The molecule has 23 heavy (non-hydrogen) atoms. The highest BCUT2D eigenvalue weighted by molar-refractivity contribution is 7.88. The maximum absolute atomic E-state index is 11.7. The van der Waals surface area contributed by atoms with Crippen molar-refractivity contribution in [2.75, 3.05) is 39.0 Å². The van der Waals surface area contributed by atoms with Crippen LogP contribution in [-0.4, -0.2) is 69.7 Å². The molecule has 0 aromatic carbocycles. The van der Waals surface area contributed by atoms with Crippen molar-refractivity contribution >= 4 is 21.8 Å². The minimum atomic E-state index is -3.14. The Balaban J connectivity index is 1.63. The van der Waals surface area contributed by atoms with Gasteiger partial charge in [-0.05, 0) is 31.6 Å². The molecule has 2 saturated heterocycles. The Labute approximate surface area is 137 Å². The van der Waals surface area contributed by atoms with Crippen LogP contribution in [0.5, 0.6) is 0 Å². The lowest BCUT2D eigenvalue weighted by atomic mass is 9.98. The van der Waals surface area contributed by atoms with Gasteiger partial charge in [0.1, 0.15) is 0 Å². The molecule has 0 aliphatic carbocycles. The van der Waals surface area contributed by atoms with Crippen LogP contribution in [-0.2, 0) is 24.3 Å². The van der Waals surface area contributed by atoms with Crippen LogP contribution in [0.25, 0.3) is 0 Å². The van der Waals surface area contributed by atoms with Crippen LogP contribution < -0.4 is 10.6 Å². The molecule has 8 nitrogen and oxygen atoms in total. The molecule has 9 heteroatoms. The first-order valence-corrected chi connectivity index (χ1v) is 9.84. The summed E-state index contributed by atoms with van der Waals surface area (Å²) in [6, 6.07) is 0. The van der Waals surface area contributed by atoms with E-state index in [1.54, 1.807) is 0 Å². The number of hydrogen-bond acceptors (Lipinski definition) is 5. The van der Waals surface area contributed by atoms with Gasteiger partial charge in [-0.3, -0.25) is 9.59 Å². The molecule has 0 saturated carbocycles. The van der Waals surface area contributed by atoms with Gasteiger partial charge in [-0.15, -0.1) is 0 Å². The first kappa shape index (κ1) is 18.2. The summed E-state index contributed by atoms with van der Waals surface area (Å²) in [6.07, 6.45) is 4.47. The van der Waals surface area contributed by atoms with Gasteiger partial charge in [-0.2, -0.15) is 0 Å². The number of nitrogens with one attached hydrogen (secondary N) is 2. The molecule has 2 heterocycles. The van der Waals surface area contributed by atoms with E-state index in [2.05, 4.69) is 10.6 Å². The average molecular weight is 347 g/mol. The van der Waals surface area contributed by atoms with Crippen molar-refractivity contribution in [3.63, 3.8) is 0 Å². The highest BCUT2D eigenvalue weighted by Gasteiger charge is 2.26. The second-order valence-electron chi connectivity index (χ2n) is 6.16. The zero-order chi connectivity index (χ0) is 16.9. The quantitative estimate of drug-likeness (QED) is 0.625. The summed E-state index contributed by atoms with van der Waals surface area (Å²) < 4.78 is 29.7. The van der Waals surface area contributed by atoms with Crippen LogP contribution in [0, 0.1) is 5.92 Å². The number of ether oxygens (including phenoxy) is 1. The standard InChI is InChI=1S/C14H25N3O5S/c1-23(20,21)17-6-4-11(5-7-17)9-15-13(18)14(19)16-10-12-3-2-8-22-12/h11-12H,2-10H2,1H3,(H,15,18)(H,16,19)/t12-/m0/s1. The summed E-state index contributed by atoms with van der Waals surface area (Å²) in [7, 11) is -3.14. The molecule has 0 spiro atoms. The van der Waals surface area contributed by atoms with Crippen molar-refractivity contribution in [3.8, 4) is 0 Å². The largest absolute Gasteiger partial charge is 0.376 e. The Bertz CT molecular complexity index is 523. The number of carbonyl (C=O) groups excluding carboxylic acids is 2. The predicted molar refractivity (Wildman–Crippen MR) is 84.1 cm³/mol. The van der Waals surface area contributed by atoms with Crippen molar-refractivity contribution in [3.05, 3.63) is 0 Å². The topological polar surface area (TPSA) is 105 Å². The van der Waals surface area contributed by atoms with Gasteiger partial charge in [-0.25, -0.2) is 12.7 Å². The second-order valence-corrected chi connectivity index (χ2v) is 8.14. The van der Waals surface area contributed by atoms with Gasteiger partial charge in [0.2, 0.25) is 10.0 Å². The van der Waals surface area contributed by atoms with Crippen LogP contribution in [0.3, 0.4) is 0 Å². The van der Waals surface area contributed by atoms with E-state index in [1.807, 2.05) is 0 Å². The molecule has 2 aliphatic rings. The Morgan fingerprint density at radius 2 is 1.70 bits per heavy atom. The summed E-state index contributed by atoms with van der Waals surface area (Å²) in [5.74, 6) is -1.09. The second kappa shape index (κ2) is 8.07. The van der Waals surface area contributed by atoms with Gasteiger partial charge in [0, 0.05) is 32.8 Å². The fourth-order valence-corrected chi connectivity index (χ4v) is 3.73. The number of sulfonamides is 1. The number of carbonyl (C=O) groups is 2. The van der Waals surface area contributed by atoms with Crippen LogP contribution in [0.2, 0.25) is 0 Å². The molecule has 2 amide bonds. The van der Waals surface area contributed by atoms with Crippen molar-refractivity contribution in [2.45, 2.75) is 31.8 Å². The number of nitrogens with zero attached hydrogens (tertiary/aromatic N) is 1. The van der Waals surface area contributed by atoms with Gasteiger partial charge in [0.15, 0.2) is 0 Å². The van der Waals surface area contributed by atoms with E-state index < -0.39 is 21.8 Å². The molecule has 0 bridgehead atoms. The van der Waals surface area contributed by atoms with Crippen LogP contribution in [0.15, 0.2) is 0 Å². The van der Waals surface area contributed by atoms with Crippen LogP contribution in [0.4, 0.5) is 0 Å². The molecular weight excluding hydrogens is 322 g/mol. The van der Waals surface area contributed by atoms with Crippen molar-refractivity contribution in [2.24, 2.45) is 5.92 Å². The Hall–Kier alpha value is -1.19. The van der Waals surface area contributed by atoms with E-state index in [9.17, 15) is 18.0 Å². The lowest BCUT2D eigenvalue weighted by molar-refractivity contribution is -0.139. The van der Waals surface area contributed by atoms with E-state index >= 15 is 0 Å². The Kier molecular flexibility index (Phi) is 6.37. The van der Waals surface area contributed by atoms with E-state index in [1.165, 1.54) is 10.6 Å². The molecule has 2 fully saturated rings. The zero-order valence-corrected chi connectivity index (χ0v) is 14.2. The lowest BCUT2D eigenvalue weighted by Crippen LogP contribution is -2.45. The van der Waals surface area contributed by atoms with E-state index in [0.717, 1.165) is 12.8 Å². The zero-order valence-electron chi connectivity index (χ0n) is 13.4. The van der Waals surface area contributed by atoms with Gasteiger partial charge >= 0.3 is 11.8 Å². The van der Waals surface area contributed by atoms with Gasteiger partial charge in [0.05, 0.1) is 12.4 Å². The summed E-state index contributed by atoms with van der Waals surface area (Å²) in [4.78, 5) is 23.4. The molecule has 0 aromatic heterocycles. The fourth-order valence-electron chi connectivity index (χ4n) is 2.85. The van der Waals surface area contributed by atoms with Crippen molar-refractivity contribution in [1.82, 2.24) is 14.9 Å². The van der Waals surface area contributed by atoms with Crippen LogP contribution in [0.1, 0.15) is 25.7 Å². The average Bonchev–Trinajstić information content (AvgIpc) is 3.03. The summed E-state index contributed by atoms with van der Waals surface area (Å²) in [5, 5.41) is 5.20. The molecule has 0 radical (unpaired) electrons. The summed E-state index contributed by atoms with van der Waals surface area (Å²) in [6.45, 7) is 2.39. The molecule has 2 N–H and O–H groups in total. The number of piperidine rings is 1.